The highest BCUT2D eigenvalue weighted by Gasteiger charge is 2.30. The summed E-state index contributed by atoms with van der Waals surface area (Å²) in [6, 6.07) is 0. The van der Waals surface area contributed by atoms with E-state index in [0.29, 0.717) is 0 Å². The number of nitrogens with one attached hydrogen (secondary N) is 1. The Morgan fingerprint density at radius 2 is 2.08 bits per heavy atom. The second-order valence-electron chi connectivity index (χ2n) is 4.59. The molecule has 1 aliphatic rings. The van der Waals surface area contributed by atoms with Gasteiger partial charge in [0.25, 0.3) is 0 Å². The maximum Gasteiger partial charge on any atom is 0 e. The molecule has 1 heteroatoms. The van der Waals surface area contributed by atoms with Crippen LogP contribution < -0.4 is 5.32 Å². The Kier molecular flexibility index (Phi) is 4.07. The van der Waals surface area contributed by atoms with Crippen molar-refractivity contribution in [2.75, 3.05) is 13.6 Å². The van der Waals surface area contributed by atoms with Crippen molar-refractivity contribution in [1.29, 1.82) is 0 Å². The number of hydrogen-bond donors (Lipinski definition) is 1. The molecule has 0 heterocycles. The highest BCUT2D eigenvalue weighted by molar-refractivity contribution is 4.81. The average molecular weight is 171 g/mol. The standard InChI is InChI=1S/C11H23N.H2/c1-9(2)11-7-10(8-11)5-4-6-12-3;/h9-12H,4-8H2,1-3H3;1H. The molecule has 1 aliphatic carbocycles. The summed E-state index contributed by atoms with van der Waals surface area (Å²) in [5.41, 5.74) is 0. The summed E-state index contributed by atoms with van der Waals surface area (Å²) in [6.45, 7) is 5.91. The summed E-state index contributed by atoms with van der Waals surface area (Å²) in [5.74, 6) is 3.03. The lowest BCUT2D eigenvalue weighted by molar-refractivity contribution is 0.131. The molecule has 12 heavy (non-hydrogen) atoms. The van der Waals surface area contributed by atoms with Crippen molar-refractivity contribution in [3.8, 4) is 0 Å². The van der Waals surface area contributed by atoms with Gasteiger partial charge in [-0.1, -0.05) is 13.8 Å². The molecular weight excluding hydrogens is 146 g/mol. The van der Waals surface area contributed by atoms with Crippen molar-refractivity contribution in [3.05, 3.63) is 0 Å². The molecule has 0 bridgehead atoms. The Balaban J connectivity index is 0.00000144. The smallest absolute Gasteiger partial charge is 0 e. The molecule has 0 saturated heterocycles. The lowest BCUT2D eigenvalue weighted by Crippen LogP contribution is -2.28. The van der Waals surface area contributed by atoms with Crippen molar-refractivity contribution in [2.24, 2.45) is 17.8 Å². The SMILES string of the molecule is CNCCCC1CC(C(C)C)C1.[HH]. The fourth-order valence-corrected chi connectivity index (χ4v) is 2.13. The van der Waals surface area contributed by atoms with Gasteiger partial charge in [-0.25, -0.2) is 0 Å². The molecule has 1 N–H and O–H groups in total. The molecule has 0 aromatic rings. The molecule has 0 aromatic heterocycles. The van der Waals surface area contributed by atoms with Crippen LogP contribution in [0.25, 0.3) is 0 Å². The number of rotatable bonds is 5. The fourth-order valence-electron chi connectivity index (χ4n) is 2.13. The minimum Gasteiger partial charge on any atom is -0.320 e. The van der Waals surface area contributed by atoms with Crippen LogP contribution >= 0.6 is 0 Å². The monoisotopic (exact) mass is 171 g/mol. The quantitative estimate of drug-likeness (QED) is 0.627. The first-order valence-corrected chi connectivity index (χ1v) is 5.38. The normalized spacial score (nSPS) is 29.0. The van der Waals surface area contributed by atoms with E-state index in [-0.39, 0.29) is 1.43 Å². The van der Waals surface area contributed by atoms with Crippen molar-refractivity contribution in [3.63, 3.8) is 0 Å². The maximum absolute atomic E-state index is 3.21. The van der Waals surface area contributed by atoms with Gasteiger partial charge in [0.15, 0.2) is 0 Å². The van der Waals surface area contributed by atoms with E-state index < -0.39 is 0 Å². The summed E-state index contributed by atoms with van der Waals surface area (Å²) < 4.78 is 0. The van der Waals surface area contributed by atoms with Crippen molar-refractivity contribution < 1.29 is 1.43 Å². The zero-order chi connectivity index (χ0) is 8.97. The summed E-state index contributed by atoms with van der Waals surface area (Å²) in [4.78, 5) is 0. The van der Waals surface area contributed by atoms with E-state index in [9.17, 15) is 0 Å². The first-order chi connectivity index (χ1) is 5.74. The van der Waals surface area contributed by atoms with Crippen LogP contribution in [-0.2, 0) is 0 Å². The molecule has 0 atom stereocenters. The first-order valence-electron chi connectivity index (χ1n) is 5.38. The van der Waals surface area contributed by atoms with Gasteiger partial charge in [0.05, 0.1) is 0 Å². The van der Waals surface area contributed by atoms with E-state index in [1.54, 1.807) is 0 Å². The van der Waals surface area contributed by atoms with Crippen LogP contribution in [0.4, 0.5) is 0 Å². The van der Waals surface area contributed by atoms with Gasteiger partial charge >= 0.3 is 0 Å². The van der Waals surface area contributed by atoms with Crippen molar-refractivity contribution in [2.45, 2.75) is 39.5 Å². The first kappa shape index (κ1) is 10.0. The number of hydrogen-bond acceptors (Lipinski definition) is 1. The Morgan fingerprint density at radius 1 is 1.42 bits per heavy atom. The van der Waals surface area contributed by atoms with Gasteiger partial charge in [0, 0.05) is 1.43 Å². The molecule has 1 nitrogen and oxygen atoms in total. The minimum absolute atomic E-state index is 0. The molecular formula is C11H25N. The molecule has 1 fully saturated rings. The lowest BCUT2D eigenvalue weighted by atomic mass is 9.68. The van der Waals surface area contributed by atoms with Crippen LogP contribution in [0.1, 0.15) is 41.0 Å². The summed E-state index contributed by atoms with van der Waals surface area (Å²) in [5, 5.41) is 3.21. The van der Waals surface area contributed by atoms with Crippen molar-refractivity contribution >= 4 is 0 Å². The van der Waals surface area contributed by atoms with E-state index >= 15 is 0 Å². The third-order valence-electron chi connectivity index (χ3n) is 3.25. The van der Waals surface area contributed by atoms with Gasteiger partial charge in [-0.3, -0.25) is 0 Å². The largest absolute Gasteiger partial charge is 0.320 e. The van der Waals surface area contributed by atoms with Crippen LogP contribution in [0, 0.1) is 17.8 Å². The summed E-state index contributed by atoms with van der Waals surface area (Å²) >= 11 is 0. The molecule has 0 unspecified atom stereocenters. The maximum atomic E-state index is 3.21. The van der Waals surface area contributed by atoms with Gasteiger partial charge in [0.1, 0.15) is 0 Å². The van der Waals surface area contributed by atoms with Crippen LogP contribution in [0.15, 0.2) is 0 Å². The second kappa shape index (κ2) is 4.86. The lowest BCUT2D eigenvalue weighted by Gasteiger charge is -2.38. The molecule has 1 saturated carbocycles. The average Bonchev–Trinajstić information content (AvgIpc) is 1.93. The third kappa shape index (κ3) is 2.78. The molecule has 0 radical (unpaired) electrons. The Morgan fingerprint density at radius 3 is 2.58 bits per heavy atom. The summed E-state index contributed by atoms with van der Waals surface area (Å²) in [7, 11) is 2.04. The van der Waals surface area contributed by atoms with Gasteiger partial charge in [-0.2, -0.15) is 0 Å². The highest BCUT2D eigenvalue weighted by atomic mass is 14.8. The third-order valence-corrected chi connectivity index (χ3v) is 3.25. The predicted molar refractivity (Wildman–Crippen MR) is 56.3 cm³/mol. The molecule has 1 rings (SSSR count). The Bertz CT molecular complexity index is 119. The van der Waals surface area contributed by atoms with Gasteiger partial charge < -0.3 is 5.32 Å². The van der Waals surface area contributed by atoms with E-state index in [1.165, 1.54) is 32.2 Å². The van der Waals surface area contributed by atoms with Gasteiger partial charge in [-0.05, 0) is 57.0 Å². The predicted octanol–water partition coefficient (Wildman–Crippen LogP) is 2.91. The fraction of sp³-hybridized carbons (Fsp3) is 1.00. The van der Waals surface area contributed by atoms with E-state index in [0.717, 1.165) is 17.8 Å². The van der Waals surface area contributed by atoms with Gasteiger partial charge in [-0.15, -0.1) is 0 Å². The molecule has 0 aromatic carbocycles. The Labute approximate surface area is 78.4 Å². The van der Waals surface area contributed by atoms with Crippen LogP contribution in [0.3, 0.4) is 0 Å². The van der Waals surface area contributed by atoms with E-state index in [2.05, 4.69) is 19.2 Å². The Hall–Kier alpha value is -0.0400. The molecule has 74 valence electrons. The zero-order valence-electron chi connectivity index (χ0n) is 8.77. The van der Waals surface area contributed by atoms with E-state index in [4.69, 9.17) is 0 Å². The second-order valence-corrected chi connectivity index (χ2v) is 4.59. The van der Waals surface area contributed by atoms with Gasteiger partial charge in [0.2, 0.25) is 0 Å². The topological polar surface area (TPSA) is 12.0 Å². The molecule has 0 aliphatic heterocycles. The van der Waals surface area contributed by atoms with Crippen LogP contribution in [0.5, 0.6) is 0 Å². The van der Waals surface area contributed by atoms with Crippen LogP contribution in [0.2, 0.25) is 0 Å². The van der Waals surface area contributed by atoms with Crippen molar-refractivity contribution in [1.82, 2.24) is 5.32 Å². The molecule has 0 amide bonds. The highest BCUT2D eigenvalue weighted by Crippen LogP contribution is 2.40. The van der Waals surface area contributed by atoms with E-state index in [1.807, 2.05) is 7.05 Å². The summed E-state index contributed by atoms with van der Waals surface area (Å²) in [6.07, 6.45) is 5.82. The zero-order valence-corrected chi connectivity index (χ0v) is 8.77. The minimum atomic E-state index is 0. The van der Waals surface area contributed by atoms with Crippen LogP contribution in [-0.4, -0.2) is 13.6 Å². The molecule has 0 spiro atoms.